The summed E-state index contributed by atoms with van der Waals surface area (Å²) in [6.07, 6.45) is -4.78. The van der Waals surface area contributed by atoms with Crippen LogP contribution in [0.2, 0.25) is 5.02 Å². The van der Waals surface area contributed by atoms with Gasteiger partial charge in [0.25, 0.3) is 0 Å². The van der Waals surface area contributed by atoms with Gasteiger partial charge in [0.2, 0.25) is 0 Å². The third-order valence-corrected chi connectivity index (χ3v) is 3.01. The van der Waals surface area contributed by atoms with Crippen LogP contribution < -0.4 is 0 Å². The molecule has 0 atom stereocenters. The molecule has 7 heteroatoms. The van der Waals surface area contributed by atoms with E-state index in [4.69, 9.17) is 11.6 Å². The van der Waals surface area contributed by atoms with E-state index in [1.54, 1.807) is 0 Å². The number of alkyl halides is 3. The molecule has 0 bridgehead atoms. The molecule has 1 aromatic heterocycles. The van der Waals surface area contributed by atoms with Crippen LogP contribution in [0.15, 0.2) is 24.3 Å². The monoisotopic (exact) mass is 303 g/mol. The first-order valence-corrected chi connectivity index (χ1v) is 5.93. The van der Waals surface area contributed by atoms with E-state index in [0.717, 1.165) is 6.07 Å². The molecule has 0 saturated carbocycles. The summed E-state index contributed by atoms with van der Waals surface area (Å²) in [7, 11) is 1.19. The Balaban J connectivity index is 2.64. The summed E-state index contributed by atoms with van der Waals surface area (Å²) in [6, 6.07) is 5.00. The summed E-state index contributed by atoms with van der Waals surface area (Å²) in [4.78, 5) is 15.1. The molecule has 3 nitrogen and oxygen atoms in total. The lowest BCUT2D eigenvalue weighted by atomic mass is 10.1. The molecule has 0 fully saturated rings. The first-order chi connectivity index (χ1) is 9.32. The molecule has 2 aromatic rings. The average molecular weight is 304 g/mol. The van der Waals surface area contributed by atoms with Gasteiger partial charge in [-0.05, 0) is 12.1 Å². The van der Waals surface area contributed by atoms with E-state index in [1.807, 2.05) is 0 Å². The number of ether oxygens (including phenoxy) is 1. The molecule has 0 N–H and O–H groups in total. The molecule has 20 heavy (non-hydrogen) atoms. The highest BCUT2D eigenvalue weighted by atomic mass is 35.5. The number of esters is 1. The molecule has 0 aliphatic heterocycles. The highest BCUT2D eigenvalue weighted by molar-refractivity contribution is 6.35. The molecule has 106 valence electrons. The zero-order chi connectivity index (χ0) is 14.9. The number of halogens is 4. The Kier molecular flexibility index (Phi) is 3.85. The first kappa shape index (κ1) is 14.6. The van der Waals surface area contributed by atoms with Crippen LogP contribution >= 0.6 is 11.6 Å². The van der Waals surface area contributed by atoms with Crippen molar-refractivity contribution in [1.82, 2.24) is 4.98 Å². The molecule has 0 aliphatic carbocycles. The van der Waals surface area contributed by atoms with Crippen molar-refractivity contribution < 1.29 is 22.7 Å². The van der Waals surface area contributed by atoms with Gasteiger partial charge in [0, 0.05) is 5.39 Å². The number of pyridine rings is 1. The fourth-order valence-corrected chi connectivity index (χ4v) is 2.07. The van der Waals surface area contributed by atoms with Crippen LogP contribution in [0.5, 0.6) is 0 Å². The van der Waals surface area contributed by atoms with E-state index in [2.05, 4.69) is 9.72 Å². The number of carbonyl (C=O) groups is 1. The predicted molar refractivity (Wildman–Crippen MR) is 67.5 cm³/mol. The molecule has 2 rings (SSSR count). The third-order valence-electron chi connectivity index (χ3n) is 2.70. The largest absolute Gasteiger partial charge is 0.469 e. The molecule has 0 aliphatic rings. The summed E-state index contributed by atoms with van der Waals surface area (Å²) < 4.78 is 43.3. The van der Waals surface area contributed by atoms with E-state index in [1.165, 1.54) is 25.3 Å². The lowest BCUT2D eigenvalue weighted by molar-refractivity contribution is -0.139. The number of rotatable bonds is 2. The Hall–Kier alpha value is -1.82. The van der Waals surface area contributed by atoms with Crippen molar-refractivity contribution >= 4 is 28.5 Å². The van der Waals surface area contributed by atoms with Gasteiger partial charge in [0.05, 0.1) is 35.3 Å². The maximum Gasteiger partial charge on any atom is 0.418 e. The predicted octanol–water partition coefficient (Wildman–Crippen LogP) is 3.62. The molecule has 0 radical (unpaired) electrons. The van der Waals surface area contributed by atoms with Crippen LogP contribution in [0.1, 0.15) is 11.3 Å². The van der Waals surface area contributed by atoms with Gasteiger partial charge < -0.3 is 4.74 Å². The number of carbonyl (C=O) groups excluding carboxylic acids is 1. The van der Waals surface area contributed by atoms with Crippen molar-refractivity contribution in [2.24, 2.45) is 0 Å². The summed E-state index contributed by atoms with van der Waals surface area (Å²) >= 11 is 5.95. The summed E-state index contributed by atoms with van der Waals surface area (Å²) in [5, 5.41) is 0.301. The highest BCUT2D eigenvalue weighted by Gasteiger charge is 2.33. The molecule has 0 unspecified atom stereocenters. The number of hydrogen-bond acceptors (Lipinski definition) is 3. The van der Waals surface area contributed by atoms with Crippen molar-refractivity contribution in [3.8, 4) is 0 Å². The van der Waals surface area contributed by atoms with Gasteiger partial charge in [-0.25, -0.2) is 0 Å². The number of nitrogens with zero attached hydrogens (tertiary/aromatic N) is 1. The second kappa shape index (κ2) is 5.28. The fourth-order valence-electron chi connectivity index (χ4n) is 1.80. The van der Waals surface area contributed by atoms with Gasteiger partial charge >= 0.3 is 12.1 Å². The van der Waals surface area contributed by atoms with Crippen LogP contribution in [0.4, 0.5) is 13.2 Å². The van der Waals surface area contributed by atoms with E-state index >= 15 is 0 Å². The molecule has 1 heterocycles. The number of fused-ring (bicyclic) bond motifs is 1. The zero-order valence-corrected chi connectivity index (χ0v) is 11.0. The number of aromatic nitrogens is 1. The van der Waals surface area contributed by atoms with E-state index < -0.39 is 17.7 Å². The minimum Gasteiger partial charge on any atom is -0.469 e. The SMILES string of the molecule is COC(=O)Cc1cc(Cl)c2cccc(C(F)(F)F)c2n1. The van der Waals surface area contributed by atoms with Crippen LogP contribution in [0.3, 0.4) is 0 Å². The minimum atomic E-state index is -4.54. The third kappa shape index (κ3) is 2.85. The second-order valence-electron chi connectivity index (χ2n) is 4.05. The molecular weight excluding hydrogens is 295 g/mol. The normalized spacial score (nSPS) is 11.7. The maximum absolute atomic E-state index is 12.9. The number of methoxy groups -OCH3 is 1. The fraction of sp³-hybridized carbons (Fsp3) is 0.231. The Bertz CT molecular complexity index is 670. The first-order valence-electron chi connectivity index (χ1n) is 5.55. The van der Waals surface area contributed by atoms with Gasteiger partial charge in [-0.3, -0.25) is 9.78 Å². The van der Waals surface area contributed by atoms with Crippen LogP contribution in [0, 0.1) is 0 Å². The van der Waals surface area contributed by atoms with Crippen LogP contribution in [0.25, 0.3) is 10.9 Å². The van der Waals surface area contributed by atoms with E-state index in [-0.39, 0.29) is 28.0 Å². The standard InChI is InChI=1S/C13H9ClF3NO2/c1-20-11(19)6-7-5-10(14)8-3-2-4-9(12(8)18-7)13(15,16)17/h2-5H,6H2,1H3. The summed E-state index contributed by atoms with van der Waals surface area (Å²) in [6.45, 7) is 0. The molecule has 0 saturated heterocycles. The van der Waals surface area contributed by atoms with Crippen LogP contribution in [-0.2, 0) is 22.1 Å². The Morgan fingerprint density at radius 1 is 1.40 bits per heavy atom. The number of para-hydroxylation sites is 1. The Labute approximate surface area is 117 Å². The summed E-state index contributed by atoms with van der Waals surface area (Å²) in [5.74, 6) is -0.600. The summed E-state index contributed by atoms with van der Waals surface area (Å²) in [5.41, 5.74) is -1.03. The van der Waals surface area contributed by atoms with Crippen molar-refractivity contribution in [1.29, 1.82) is 0 Å². The smallest absolute Gasteiger partial charge is 0.418 e. The van der Waals surface area contributed by atoms with Gasteiger partial charge in [0.1, 0.15) is 0 Å². The van der Waals surface area contributed by atoms with Gasteiger partial charge in [-0.15, -0.1) is 0 Å². The number of hydrogen-bond donors (Lipinski definition) is 0. The number of benzene rings is 1. The van der Waals surface area contributed by atoms with Crippen LogP contribution in [-0.4, -0.2) is 18.1 Å². The zero-order valence-electron chi connectivity index (χ0n) is 10.3. The van der Waals surface area contributed by atoms with Crippen molar-refractivity contribution in [3.05, 3.63) is 40.5 Å². The van der Waals surface area contributed by atoms with Crippen molar-refractivity contribution in [2.45, 2.75) is 12.6 Å². The Morgan fingerprint density at radius 2 is 2.10 bits per heavy atom. The topological polar surface area (TPSA) is 39.2 Å². The molecule has 1 aromatic carbocycles. The average Bonchev–Trinajstić information content (AvgIpc) is 2.36. The van der Waals surface area contributed by atoms with Crippen molar-refractivity contribution in [2.75, 3.05) is 7.11 Å². The van der Waals surface area contributed by atoms with Crippen molar-refractivity contribution in [3.63, 3.8) is 0 Å². The Morgan fingerprint density at radius 3 is 2.70 bits per heavy atom. The lowest BCUT2D eigenvalue weighted by Crippen LogP contribution is -2.09. The van der Waals surface area contributed by atoms with E-state index in [0.29, 0.717) is 0 Å². The van der Waals surface area contributed by atoms with Gasteiger partial charge in [0.15, 0.2) is 0 Å². The van der Waals surface area contributed by atoms with E-state index in [9.17, 15) is 18.0 Å². The quantitative estimate of drug-likeness (QED) is 0.795. The molecule has 0 amide bonds. The minimum absolute atomic E-state index is 0.111. The lowest BCUT2D eigenvalue weighted by Gasteiger charge is -2.11. The van der Waals surface area contributed by atoms with Gasteiger partial charge in [-0.1, -0.05) is 23.7 Å². The molecular formula is C13H9ClF3NO2. The maximum atomic E-state index is 12.9. The van der Waals surface area contributed by atoms with Gasteiger partial charge in [-0.2, -0.15) is 13.2 Å². The highest BCUT2D eigenvalue weighted by Crippen LogP contribution is 2.36. The molecule has 0 spiro atoms. The second-order valence-corrected chi connectivity index (χ2v) is 4.46.